The molecule has 8 nitrogen and oxygen atoms in total. The van der Waals surface area contributed by atoms with Crippen molar-refractivity contribution in [2.45, 2.75) is 50.2 Å². The topological polar surface area (TPSA) is 100 Å². The van der Waals surface area contributed by atoms with Crippen LogP contribution >= 0.6 is 11.6 Å². The van der Waals surface area contributed by atoms with Gasteiger partial charge in [0.25, 0.3) is 0 Å². The molecule has 0 aliphatic carbocycles. The molecular formula is C25H32ClFN2O6. The lowest BCUT2D eigenvalue weighted by molar-refractivity contribution is -0.297. The average molecular weight is 511 g/mol. The van der Waals surface area contributed by atoms with E-state index in [1.165, 1.54) is 19.3 Å². The second kappa shape index (κ2) is 9.28. The first-order valence-electron chi connectivity index (χ1n) is 12.2. The first-order valence-corrected chi connectivity index (χ1v) is 12.6. The number of esters is 1. The van der Waals surface area contributed by atoms with E-state index in [-0.39, 0.29) is 41.8 Å². The smallest absolute Gasteiger partial charge is 0.333 e. The average Bonchev–Trinajstić information content (AvgIpc) is 3.21. The summed E-state index contributed by atoms with van der Waals surface area (Å²) in [6.07, 6.45) is 3.45. The van der Waals surface area contributed by atoms with Gasteiger partial charge in [0.2, 0.25) is 0 Å². The first-order chi connectivity index (χ1) is 16.9. The molecule has 5 rings (SSSR count). The third-order valence-electron chi connectivity index (χ3n) is 8.38. The Morgan fingerprint density at radius 2 is 2.17 bits per heavy atom. The van der Waals surface area contributed by atoms with Gasteiger partial charge in [0.05, 0.1) is 50.3 Å². The molecule has 0 bridgehead atoms. The van der Waals surface area contributed by atoms with Gasteiger partial charge in [0, 0.05) is 24.2 Å². The monoisotopic (exact) mass is 510 g/mol. The van der Waals surface area contributed by atoms with Gasteiger partial charge in [-0.05, 0) is 42.4 Å². The number of hydrogen-bond acceptors (Lipinski definition) is 8. The lowest BCUT2D eigenvalue weighted by Gasteiger charge is -2.61. The van der Waals surface area contributed by atoms with Gasteiger partial charge in [0.15, 0.2) is 11.5 Å². The fraction of sp³-hybridized carbons (Fsp3) is 0.640. The first kappa shape index (κ1) is 24.9. The van der Waals surface area contributed by atoms with Crippen LogP contribution < -0.4 is 5.32 Å². The minimum atomic E-state index is -1.13. The molecule has 4 heterocycles. The Balaban J connectivity index is 1.64. The number of nitrogens with one attached hydrogen (secondary N) is 1. The number of ether oxygens (including phenoxy) is 3. The molecule has 0 radical (unpaired) electrons. The number of nitrogens with zero attached hydrogens (tertiary/aromatic N) is 1. The highest BCUT2D eigenvalue weighted by Gasteiger charge is 2.70. The molecule has 0 spiro atoms. The molecular weight excluding hydrogens is 479 g/mol. The highest BCUT2D eigenvalue weighted by atomic mass is 35.5. The summed E-state index contributed by atoms with van der Waals surface area (Å²) in [6.45, 7) is 3.55. The summed E-state index contributed by atoms with van der Waals surface area (Å²) in [5.41, 5.74) is -0.409. The van der Waals surface area contributed by atoms with Crippen LogP contribution in [0.3, 0.4) is 0 Å². The van der Waals surface area contributed by atoms with Crippen LogP contribution in [0.5, 0.6) is 0 Å². The number of fused-ring (bicyclic) bond motifs is 2. The summed E-state index contributed by atoms with van der Waals surface area (Å²) in [5, 5.41) is 23.1. The van der Waals surface area contributed by atoms with Gasteiger partial charge in [-0.25, -0.2) is 9.18 Å². The number of halogens is 2. The van der Waals surface area contributed by atoms with Crippen LogP contribution in [-0.2, 0) is 31.2 Å². The molecule has 3 N–H and O–H groups in total. The number of piperidine rings is 2. The van der Waals surface area contributed by atoms with Crippen LogP contribution in [0.4, 0.5) is 10.1 Å². The van der Waals surface area contributed by atoms with Gasteiger partial charge in [-0.2, -0.15) is 0 Å². The molecule has 3 fully saturated rings. The molecule has 10 heteroatoms. The zero-order chi connectivity index (χ0) is 25.0. The van der Waals surface area contributed by atoms with Gasteiger partial charge < -0.3 is 29.7 Å². The Kier molecular flexibility index (Phi) is 6.61. The predicted octanol–water partition coefficient (Wildman–Crippen LogP) is 2.55. The Morgan fingerprint density at radius 3 is 2.86 bits per heavy atom. The minimum absolute atomic E-state index is 0.0771. The van der Waals surface area contributed by atoms with E-state index in [9.17, 15) is 15.0 Å². The number of anilines is 1. The Morgan fingerprint density at radius 1 is 1.40 bits per heavy atom. The third kappa shape index (κ3) is 3.47. The van der Waals surface area contributed by atoms with Crippen molar-refractivity contribution < 1.29 is 33.6 Å². The lowest BCUT2D eigenvalue weighted by Crippen LogP contribution is -2.75. The van der Waals surface area contributed by atoms with Crippen LogP contribution in [0.15, 0.2) is 17.7 Å². The number of hydrogen-bond donors (Lipinski definition) is 3. The van der Waals surface area contributed by atoms with Crippen LogP contribution in [0.25, 0.3) is 0 Å². The molecule has 192 valence electrons. The van der Waals surface area contributed by atoms with Crippen molar-refractivity contribution in [1.29, 1.82) is 0 Å². The third-order valence-corrected chi connectivity index (χ3v) is 8.66. The zero-order valence-electron chi connectivity index (χ0n) is 20.0. The highest BCUT2D eigenvalue weighted by Crippen LogP contribution is 2.61. The summed E-state index contributed by atoms with van der Waals surface area (Å²) in [7, 11) is 1.34. The number of carbonyl (C=O) groups excluding carboxylic acids is 1. The second-order valence-electron chi connectivity index (χ2n) is 9.73. The van der Waals surface area contributed by atoms with Crippen molar-refractivity contribution >= 4 is 23.3 Å². The van der Waals surface area contributed by atoms with Crippen molar-refractivity contribution in [1.82, 2.24) is 4.90 Å². The standard InChI is InChI=1S/C25H32ClFN2O6/c1-3-14-12-29-6-5-24-20-15(13-31)10-18(26)21(27)22(20)28-25(24,35-9-8-34-24)19(29)11-17(14)16(4-7-30)23(32)33-2/h4,10,14,17,19,28,30-31H,3,5-9,11-13H2,1-2H3/b16-4+/t14-,17+,19+,24+,25+/m1/s1. The van der Waals surface area contributed by atoms with E-state index < -0.39 is 23.1 Å². The largest absolute Gasteiger partial charge is 0.466 e. The number of aliphatic hydroxyl groups excluding tert-OH is 2. The van der Waals surface area contributed by atoms with Crippen molar-refractivity contribution in [2.24, 2.45) is 11.8 Å². The zero-order valence-corrected chi connectivity index (χ0v) is 20.7. The maximum Gasteiger partial charge on any atom is 0.333 e. The molecule has 0 unspecified atom stereocenters. The number of benzene rings is 1. The SMILES string of the molecule is CC[C@@H]1CN2CC[C@@]34OCCO[C@@]3(Nc3c(F)c(Cl)cc(CO)c34)[C@@H]2C[C@@H]1/C(=C\CO)C(=O)OC. The quantitative estimate of drug-likeness (QED) is 0.410. The van der Waals surface area contributed by atoms with Crippen LogP contribution in [0, 0.1) is 17.7 Å². The fourth-order valence-corrected chi connectivity index (χ4v) is 7.17. The number of rotatable bonds is 5. The molecule has 4 aliphatic rings. The van der Waals surface area contributed by atoms with Crippen molar-refractivity contribution in [2.75, 3.05) is 45.3 Å². The summed E-state index contributed by atoms with van der Waals surface area (Å²) in [6, 6.07) is 1.19. The van der Waals surface area contributed by atoms with E-state index in [0.29, 0.717) is 55.8 Å². The summed E-state index contributed by atoms with van der Waals surface area (Å²) in [5.74, 6) is -1.08. The van der Waals surface area contributed by atoms with E-state index in [2.05, 4.69) is 17.1 Å². The van der Waals surface area contributed by atoms with Crippen molar-refractivity contribution in [3.8, 4) is 0 Å². The number of aliphatic hydroxyl groups is 2. The maximum atomic E-state index is 15.4. The predicted molar refractivity (Wildman–Crippen MR) is 126 cm³/mol. The highest BCUT2D eigenvalue weighted by molar-refractivity contribution is 6.31. The van der Waals surface area contributed by atoms with Crippen molar-refractivity contribution in [3.05, 3.63) is 39.7 Å². The molecule has 0 saturated carbocycles. The summed E-state index contributed by atoms with van der Waals surface area (Å²) < 4.78 is 33.4. The molecule has 1 aromatic carbocycles. The summed E-state index contributed by atoms with van der Waals surface area (Å²) in [4.78, 5) is 15.0. The Labute approximate surface area is 209 Å². The van der Waals surface area contributed by atoms with Crippen LogP contribution in [0.2, 0.25) is 5.02 Å². The van der Waals surface area contributed by atoms with E-state index in [1.807, 2.05) is 0 Å². The minimum Gasteiger partial charge on any atom is -0.466 e. The number of methoxy groups -OCH3 is 1. The summed E-state index contributed by atoms with van der Waals surface area (Å²) >= 11 is 6.19. The van der Waals surface area contributed by atoms with E-state index in [4.69, 9.17) is 25.8 Å². The lowest BCUT2D eigenvalue weighted by atomic mass is 9.66. The normalized spacial score (nSPS) is 34.3. The Bertz CT molecular complexity index is 1050. The van der Waals surface area contributed by atoms with Crippen molar-refractivity contribution in [3.63, 3.8) is 0 Å². The molecule has 0 amide bonds. The molecule has 0 aromatic heterocycles. The van der Waals surface area contributed by atoms with Gasteiger partial charge in [-0.3, -0.25) is 4.90 Å². The molecule has 5 atom stereocenters. The van der Waals surface area contributed by atoms with Crippen LogP contribution in [-0.4, -0.2) is 72.9 Å². The fourth-order valence-electron chi connectivity index (χ4n) is 6.94. The maximum absolute atomic E-state index is 15.4. The van der Waals surface area contributed by atoms with Gasteiger partial charge in [-0.15, -0.1) is 0 Å². The Hall–Kier alpha value is -1.75. The molecule has 35 heavy (non-hydrogen) atoms. The van der Waals surface area contributed by atoms with Gasteiger partial charge in [0.1, 0.15) is 5.60 Å². The second-order valence-corrected chi connectivity index (χ2v) is 10.1. The van der Waals surface area contributed by atoms with Gasteiger partial charge >= 0.3 is 5.97 Å². The molecule has 1 aromatic rings. The van der Waals surface area contributed by atoms with Crippen LogP contribution in [0.1, 0.15) is 37.3 Å². The number of carbonyl (C=O) groups is 1. The van der Waals surface area contributed by atoms with Gasteiger partial charge in [-0.1, -0.05) is 24.9 Å². The van der Waals surface area contributed by atoms with E-state index in [0.717, 1.165) is 6.42 Å². The molecule has 3 saturated heterocycles. The van der Waals surface area contributed by atoms with E-state index >= 15 is 4.39 Å². The van der Waals surface area contributed by atoms with E-state index in [1.54, 1.807) is 0 Å². The molecule has 4 aliphatic heterocycles.